The molecule has 0 fully saturated rings. The molecule has 0 bridgehead atoms. The average Bonchev–Trinajstić information content (AvgIpc) is 3.71. The Morgan fingerprint density at radius 2 is 1.79 bits per heavy atom. The normalized spacial score (nSPS) is 18.9. The Morgan fingerprint density at radius 1 is 1.09 bits per heavy atom. The minimum atomic E-state index is -5.02. The van der Waals surface area contributed by atoms with Gasteiger partial charge in [0.15, 0.2) is 0 Å². The second-order valence-corrected chi connectivity index (χ2v) is 10.4. The molecule has 0 saturated carbocycles. The maximum atomic E-state index is 13.6. The molecule has 2 atom stereocenters. The Morgan fingerprint density at radius 3 is 2.35 bits per heavy atom. The Kier molecular flexibility index (Phi) is 9.98. The summed E-state index contributed by atoms with van der Waals surface area (Å²) in [4.78, 5) is 12.9. The third-order valence-corrected chi connectivity index (χ3v) is 6.97. The predicted octanol–water partition coefficient (Wildman–Crippen LogP) is 8.81. The van der Waals surface area contributed by atoms with E-state index in [0.29, 0.717) is 18.1 Å². The van der Waals surface area contributed by atoms with Crippen LogP contribution in [0.4, 0.5) is 35.1 Å². The maximum absolute atomic E-state index is 13.6. The predicted molar refractivity (Wildman–Crippen MR) is 148 cm³/mol. The molecule has 0 aliphatic heterocycles. The molecular weight excluding hydrogens is 582 g/mol. The number of ether oxygens (including phenoxy) is 1. The minimum absolute atomic E-state index is 0.0214. The second kappa shape index (κ2) is 12.8. The number of benzene rings is 1. The van der Waals surface area contributed by atoms with E-state index in [1.165, 1.54) is 24.3 Å². The van der Waals surface area contributed by atoms with Gasteiger partial charge >= 0.3 is 12.5 Å². The molecule has 1 aromatic rings. The van der Waals surface area contributed by atoms with Gasteiger partial charge in [0.25, 0.3) is 0 Å². The smallest absolute Gasteiger partial charge is 0.406 e. The van der Waals surface area contributed by atoms with Crippen LogP contribution < -0.4 is 10.1 Å². The van der Waals surface area contributed by atoms with E-state index in [9.17, 15) is 39.9 Å². The van der Waals surface area contributed by atoms with E-state index in [1.807, 2.05) is 0 Å². The first-order valence-corrected chi connectivity index (χ1v) is 13.1. The van der Waals surface area contributed by atoms with Crippen LogP contribution in [0.15, 0.2) is 108 Å². The topological polar surface area (TPSA) is 38.3 Å². The summed E-state index contributed by atoms with van der Waals surface area (Å²) in [6.45, 7) is 11.1. The largest absolute Gasteiger partial charge is 0.573 e. The van der Waals surface area contributed by atoms with E-state index in [1.54, 1.807) is 24.3 Å². The van der Waals surface area contributed by atoms with Crippen molar-refractivity contribution in [2.24, 2.45) is 5.92 Å². The van der Waals surface area contributed by atoms with Crippen LogP contribution in [0.25, 0.3) is 0 Å². The van der Waals surface area contributed by atoms with Gasteiger partial charge in [0, 0.05) is 41.9 Å². The van der Waals surface area contributed by atoms with Gasteiger partial charge in [-0.1, -0.05) is 68.3 Å². The number of carbonyl (C=O) groups excluding carboxylic acids is 1. The van der Waals surface area contributed by atoms with Crippen molar-refractivity contribution < 1.29 is 44.7 Å². The van der Waals surface area contributed by atoms with E-state index < -0.39 is 59.0 Å². The van der Waals surface area contributed by atoms with Crippen LogP contribution in [0.5, 0.6) is 5.75 Å². The van der Waals surface area contributed by atoms with Gasteiger partial charge in [-0.3, -0.25) is 4.79 Å². The van der Waals surface area contributed by atoms with Gasteiger partial charge in [-0.2, -0.15) is 13.2 Å². The van der Waals surface area contributed by atoms with E-state index in [2.05, 4.69) is 29.8 Å². The van der Waals surface area contributed by atoms with Gasteiger partial charge in [0.1, 0.15) is 5.75 Å². The molecule has 3 rings (SSSR count). The Hall–Kier alpha value is -3.89. The van der Waals surface area contributed by atoms with Crippen LogP contribution in [-0.4, -0.2) is 30.9 Å². The Balaban J connectivity index is 2.20. The van der Waals surface area contributed by atoms with Crippen molar-refractivity contribution in [2.45, 2.75) is 50.1 Å². The lowest BCUT2D eigenvalue weighted by Crippen LogP contribution is -2.43. The summed E-state index contributed by atoms with van der Waals surface area (Å²) in [6, 6.07) is 4.98. The van der Waals surface area contributed by atoms with Crippen LogP contribution in [0, 0.1) is 12.3 Å². The van der Waals surface area contributed by atoms with Crippen LogP contribution in [-0.2, 0) is 10.2 Å². The molecule has 2 unspecified atom stereocenters. The van der Waals surface area contributed by atoms with Crippen molar-refractivity contribution in [1.29, 1.82) is 0 Å². The molecule has 1 amide bonds. The maximum Gasteiger partial charge on any atom is 0.573 e. The van der Waals surface area contributed by atoms with Crippen LogP contribution in [0.1, 0.15) is 31.7 Å². The minimum Gasteiger partial charge on any atom is -0.406 e. The average molecular weight is 613 g/mol. The van der Waals surface area contributed by atoms with Gasteiger partial charge in [-0.05, 0) is 54.2 Å². The van der Waals surface area contributed by atoms with Crippen molar-refractivity contribution in [3.05, 3.63) is 120 Å². The highest BCUT2D eigenvalue weighted by Gasteiger charge is 2.47. The number of nitrogens with one attached hydrogen (secondary N) is 1. The van der Waals surface area contributed by atoms with E-state index >= 15 is 0 Å². The number of allylic oxidation sites excluding steroid dienone is 9. The second-order valence-electron chi connectivity index (χ2n) is 10.4. The highest BCUT2D eigenvalue weighted by Crippen LogP contribution is 2.50. The standard InChI is InChI=1S/C32H30F8NO2/c1-5-9-21(6-2)18-30(19-41-28(42)20(3)17-29(4,33)34,24-12-8-13-25(15-24)43-32(38,39)40)23-11-7-10-22(14-23)26-16-27(26)31(35,36)37/h5-9,11-16,22H,1-3,10,17-19H2,4H3,(H,41,42)/b21-9+. The lowest BCUT2D eigenvalue weighted by atomic mass is 9.67. The van der Waals surface area contributed by atoms with E-state index in [4.69, 9.17) is 0 Å². The zero-order chi connectivity index (χ0) is 32.2. The number of carbonyl (C=O) groups is 1. The third kappa shape index (κ3) is 9.05. The summed E-state index contributed by atoms with van der Waals surface area (Å²) >= 11 is 0. The van der Waals surface area contributed by atoms with Gasteiger partial charge in [0.2, 0.25) is 11.8 Å². The number of amides is 1. The first-order valence-electron chi connectivity index (χ1n) is 13.1. The summed E-state index contributed by atoms with van der Waals surface area (Å²) in [7, 11) is 0. The summed E-state index contributed by atoms with van der Waals surface area (Å²) in [5, 5.41) is 2.58. The lowest BCUT2D eigenvalue weighted by Gasteiger charge is -2.39. The van der Waals surface area contributed by atoms with Crippen molar-refractivity contribution in [1.82, 2.24) is 5.32 Å². The van der Waals surface area contributed by atoms with E-state index in [0.717, 1.165) is 18.6 Å². The number of hydrogen-bond acceptors (Lipinski definition) is 2. The summed E-state index contributed by atoms with van der Waals surface area (Å²) < 4.78 is 111. The molecule has 0 heterocycles. The molecular formula is C32H30F8NO2. The molecule has 231 valence electrons. The molecule has 1 radical (unpaired) electrons. The fourth-order valence-electron chi connectivity index (χ4n) is 5.03. The summed E-state index contributed by atoms with van der Waals surface area (Å²) in [5.41, 5.74) is -1.43. The van der Waals surface area contributed by atoms with Crippen molar-refractivity contribution in [3.8, 4) is 5.75 Å². The monoisotopic (exact) mass is 612 g/mol. The quantitative estimate of drug-likeness (QED) is 0.137. The number of alkyl halides is 8. The van der Waals surface area contributed by atoms with Gasteiger partial charge in [-0.25, -0.2) is 8.78 Å². The van der Waals surface area contributed by atoms with Crippen molar-refractivity contribution in [2.75, 3.05) is 6.54 Å². The highest BCUT2D eigenvalue weighted by atomic mass is 19.4. The van der Waals surface area contributed by atoms with Gasteiger partial charge in [-0.15, -0.1) is 13.2 Å². The van der Waals surface area contributed by atoms with Crippen LogP contribution in [0.2, 0.25) is 0 Å². The summed E-state index contributed by atoms with van der Waals surface area (Å²) in [5.74, 6) is -5.43. The van der Waals surface area contributed by atoms with Crippen LogP contribution >= 0.6 is 0 Å². The first kappa shape index (κ1) is 33.6. The molecule has 0 saturated heterocycles. The molecule has 1 N–H and O–H groups in total. The molecule has 0 spiro atoms. The SMILES string of the molecule is C=C/C=C(\C=C)CC(CNC(=O)C(=C)CC(C)(F)F)(C1=CC(C2=C(C(F)(F)F)[CH]2)CC=C1)c1cccc(OC(F)(F)F)c1. The Labute approximate surface area is 244 Å². The third-order valence-electron chi connectivity index (χ3n) is 6.97. The fraction of sp³-hybridized carbons (Fsp3) is 0.312. The molecule has 0 aromatic heterocycles. The molecule has 43 heavy (non-hydrogen) atoms. The van der Waals surface area contributed by atoms with Crippen molar-refractivity contribution in [3.63, 3.8) is 0 Å². The fourth-order valence-corrected chi connectivity index (χ4v) is 5.03. The number of halogens is 8. The number of hydrogen-bond donors (Lipinski definition) is 1. The van der Waals surface area contributed by atoms with Crippen LogP contribution in [0.3, 0.4) is 0 Å². The molecule has 11 heteroatoms. The molecule has 3 nitrogen and oxygen atoms in total. The zero-order valence-corrected chi connectivity index (χ0v) is 23.2. The lowest BCUT2D eigenvalue weighted by molar-refractivity contribution is -0.274. The van der Waals surface area contributed by atoms with E-state index in [-0.39, 0.29) is 30.5 Å². The summed E-state index contributed by atoms with van der Waals surface area (Å²) in [6.07, 6.45) is 0.0776. The zero-order valence-electron chi connectivity index (χ0n) is 23.2. The molecule has 2 aliphatic rings. The first-order chi connectivity index (χ1) is 19.9. The van der Waals surface area contributed by atoms with Crippen molar-refractivity contribution >= 4 is 5.91 Å². The number of rotatable bonds is 13. The molecule has 1 aromatic carbocycles. The Bertz CT molecular complexity index is 1390. The van der Waals surface area contributed by atoms with Gasteiger partial charge < -0.3 is 10.1 Å². The molecule has 2 aliphatic carbocycles. The highest BCUT2D eigenvalue weighted by molar-refractivity contribution is 5.93. The van der Waals surface area contributed by atoms with Gasteiger partial charge in [0.05, 0.1) is 0 Å².